The molecule has 3 aromatic rings. The summed E-state index contributed by atoms with van der Waals surface area (Å²) in [6.07, 6.45) is 0.795. The number of rotatable bonds is 8. The van der Waals surface area contributed by atoms with Gasteiger partial charge in [0.05, 0.1) is 11.5 Å². The summed E-state index contributed by atoms with van der Waals surface area (Å²) in [4.78, 5) is 24.6. The standard InChI is InChI=1S/C21H19FN2O3S/c22-15-4-1-5-18(14-15)27-12-2-7-20(25)23-16-8-10-17(11-9-16)24-21(26)19-6-3-13-28-19/h1,3-6,8-11,13-14H,2,7,12H2,(H,23,25)(H,24,26). The Labute approximate surface area is 166 Å². The molecule has 0 unspecified atom stereocenters. The number of hydrogen-bond acceptors (Lipinski definition) is 4. The van der Waals surface area contributed by atoms with Gasteiger partial charge < -0.3 is 15.4 Å². The van der Waals surface area contributed by atoms with Crippen molar-refractivity contribution in [2.45, 2.75) is 12.8 Å². The Kier molecular flexibility index (Phi) is 6.75. The van der Waals surface area contributed by atoms with Crippen LogP contribution in [0.3, 0.4) is 0 Å². The molecule has 2 amide bonds. The van der Waals surface area contributed by atoms with Crippen molar-refractivity contribution in [2.24, 2.45) is 0 Å². The Morgan fingerprint density at radius 2 is 1.71 bits per heavy atom. The Morgan fingerprint density at radius 1 is 0.964 bits per heavy atom. The highest BCUT2D eigenvalue weighted by molar-refractivity contribution is 7.12. The molecule has 0 bridgehead atoms. The summed E-state index contributed by atoms with van der Waals surface area (Å²) in [5.41, 5.74) is 1.30. The maximum atomic E-state index is 13.0. The van der Waals surface area contributed by atoms with E-state index in [1.807, 2.05) is 11.4 Å². The van der Waals surface area contributed by atoms with E-state index in [1.165, 1.54) is 23.5 Å². The van der Waals surface area contributed by atoms with Gasteiger partial charge in [0.1, 0.15) is 11.6 Å². The molecule has 1 aromatic heterocycles. The summed E-state index contributed by atoms with van der Waals surface area (Å²) in [6.45, 7) is 0.324. The minimum atomic E-state index is -0.356. The Hall–Kier alpha value is -3.19. The highest BCUT2D eigenvalue weighted by atomic mass is 32.1. The lowest BCUT2D eigenvalue weighted by molar-refractivity contribution is -0.116. The molecule has 0 spiro atoms. The SMILES string of the molecule is O=C(CCCOc1cccc(F)c1)Nc1ccc(NC(=O)c2cccs2)cc1. The van der Waals surface area contributed by atoms with Crippen LogP contribution in [0.4, 0.5) is 15.8 Å². The fourth-order valence-corrected chi connectivity index (χ4v) is 3.06. The van der Waals surface area contributed by atoms with Gasteiger partial charge in [-0.2, -0.15) is 0 Å². The number of carbonyl (C=O) groups excluding carboxylic acids is 2. The molecule has 0 radical (unpaired) electrons. The number of anilines is 2. The molecule has 0 aliphatic rings. The minimum absolute atomic E-state index is 0.141. The van der Waals surface area contributed by atoms with E-state index in [-0.39, 0.29) is 24.1 Å². The Balaban J connectivity index is 1.39. The molecule has 0 fully saturated rings. The van der Waals surface area contributed by atoms with Gasteiger partial charge in [0.15, 0.2) is 0 Å². The van der Waals surface area contributed by atoms with Gasteiger partial charge in [-0.1, -0.05) is 12.1 Å². The van der Waals surface area contributed by atoms with Gasteiger partial charge >= 0.3 is 0 Å². The Morgan fingerprint density at radius 3 is 2.39 bits per heavy atom. The van der Waals surface area contributed by atoms with Crippen molar-refractivity contribution in [1.29, 1.82) is 0 Å². The molecular weight excluding hydrogens is 379 g/mol. The zero-order chi connectivity index (χ0) is 19.8. The van der Waals surface area contributed by atoms with Crippen LogP contribution in [-0.4, -0.2) is 18.4 Å². The third-order valence-electron chi connectivity index (χ3n) is 3.78. The lowest BCUT2D eigenvalue weighted by atomic mass is 10.2. The van der Waals surface area contributed by atoms with E-state index < -0.39 is 0 Å². The summed E-state index contributed by atoms with van der Waals surface area (Å²) in [6, 6.07) is 16.4. The normalized spacial score (nSPS) is 10.3. The van der Waals surface area contributed by atoms with Crippen LogP contribution in [0.5, 0.6) is 5.75 Å². The van der Waals surface area contributed by atoms with E-state index in [0.29, 0.717) is 35.0 Å². The lowest BCUT2D eigenvalue weighted by Crippen LogP contribution is -2.13. The van der Waals surface area contributed by atoms with Crippen molar-refractivity contribution in [3.05, 3.63) is 76.7 Å². The number of carbonyl (C=O) groups is 2. The number of thiophene rings is 1. The maximum Gasteiger partial charge on any atom is 0.265 e. The first kappa shape index (κ1) is 19.6. The minimum Gasteiger partial charge on any atom is -0.493 e. The molecule has 0 saturated heterocycles. The van der Waals surface area contributed by atoms with Crippen LogP contribution in [0.1, 0.15) is 22.5 Å². The molecule has 0 aliphatic heterocycles. The number of nitrogens with one attached hydrogen (secondary N) is 2. The summed E-state index contributed by atoms with van der Waals surface area (Å²) >= 11 is 1.37. The smallest absolute Gasteiger partial charge is 0.265 e. The van der Waals surface area contributed by atoms with E-state index >= 15 is 0 Å². The van der Waals surface area contributed by atoms with E-state index in [4.69, 9.17) is 4.74 Å². The van der Waals surface area contributed by atoms with Crippen LogP contribution < -0.4 is 15.4 Å². The van der Waals surface area contributed by atoms with E-state index in [2.05, 4.69) is 10.6 Å². The quantitative estimate of drug-likeness (QED) is 0.528. The molecule has 144 valence electrons. The largest absolute Gasteiger partial charge is 0.493 e. The first-order chi connectivity index (χ1) is 13.6. The Bertz CT molecular complexity index is 927. The van der Waals surface area contributed by atoms with Crippen LogP contribution in [0.25, 0.3) is 0 Å². The molecule has 7 heteroatoms. The number of hydrogen-bond donors (Lipinski definition) is 2. The molecular formula is C21H19FN2O3S. The summed E-state index contributed by atoms with van der Waals surface area (Å²) < 4.78 is 18.5. The molecule has 28 heavy (non-hydrogen) atoms. The van der Waals surface area contributed by atoms with E-state index in [9.17, 15) is 14.0 Å². The molecule has 5 nitrogen and oxygen atoms in total. The molecule has 2 N–H and O–H groups in total. The second-order valence-corrected chi connectivity index (χ2v) is 6.91. The number of halogens is 1. The average molecular weight is 398 g/mol. The third kappa shape index (κ3) is 5.92. The van der Waals surface area contributed by atoms with Gasteiger partial charge in [0, 0.05) is 23.9 Å². The molecule has 0 saturated carbocycles. The topological polar surface area (TPSA) is 67.4 Å². The fraction of sp³-hybridized carbons (Fsp3) is 0.143. The number of benzene rings is 2. The van der Waals surface area contributed by atoms with Crippen molar-refractivity contribution in [3.8, 4) is 5.75 Å². The van der Waals surface area contributed by atoms with Crippen LogP contribution in [0, 0.1) is 5.82 Å². The predicted octanol–water partition coefficient (Wildman–Crippen LogP) is 4.94. The number of amides is 2. The van der Waals surface area contributed by atoms with Crippen LogP contribution in [0.2, 0.25) is 0 Å². The highest BCUT2D eigenvalue weighted by Crippen LogP contribution is 2.17. The van der Waals surface area contributed by atoms with Crippen molar-refractivity contribution in [2.75, 3.05) is 17.2 Å². The number of ether oxygens (including phenoxy) is 1. The van der Waals surface area contributed by atoms with Crippen LogP contribution >= 0.6 is 11.3 Å². The van der Waals surface area contributed by atoms with Crippen LogP contribution in [0.15, 0.2) is 66.0 Å². The monoisotopic (exact) mass is 398 g/mol. The van der Waals surface area contributed by atoms with Gasteiger partial charge in [0.25, 0.3) is 5.91 Å². The van der Waals surface area contributed by atoms with Gasteiger partial charge in [0.2, 0.25) is 5.91 Å². The van der Waals surface area contributed by atoms with Crippen LogP contribution in [-0.2, 0) is 4.79 Å². The summed E-state index contributed by atoms with van der Waals surface area (Å²) in [5, 5.41) is 7.44. The van der Waals surface area contributed by atoms with E-state index in [0.717, 1.165) is 0 Å². The molecule has 2 aromatic carbocycles. The summed E-state index contributed by atoms with van der Waals surface area (Å²) in [5.74, 6) is -0.214. The molecule has 3 rings (SSSR count). The molecule has 0 atom stereocenters. The van der Waals surface area contributed by atoms with Gasteiger partial charge in [-0.3, -0.25) is 9.59 Å². The van der Waals surface area contributed by atoms with Gasteiger partial charge in [-0.15, -0.1) is 11.3 Å². The zero-order valence-corrected chi connectivity index (χ0v) is 15.8. The highest BCUT2D eigenvalue weighted by Gasteiger charge is 2.07. The van der Waals surface area contributed by atoms with Crippen molar-refractivity contribution >= 4 is 34.5 Å². The first-order valence-electron chi connectivity index (χ1n) is 8.73. The fourth-order valence-electron chi connectivity index (χ4n) is 2.44. The van der Waals surface area contributed by atoms with Crippen molar-refractivity contribution in [3.63, 3.8) is 0 Å². The third-order valence-corrected chi connectivity index (χ3v) is 4.65. The first-order valence-corrected chi connectivity index (χ1v) is 9.61. The lowest BCUT2D eigenvalue weighted by Gasteiger charge is -2.08. The average Bonchev–Trinajstić information content (AvgIpc) is 3.22. The molecule has 1 heterocycles. The second kappa shape index (κ2) is 9.66. The van der Waals surface area contributed by atoms with Gasteiger partial charge in [-0.05, 0) is 54.3 Å². The maximum absolute atomic E-state index is 13.0. The van der Waals surface area contributed by atoms with E-state index in [1.54, 1.807) is 42.5 Å². The molecule has 0 aliphatic carbocycles. The van der Waals surface area contributed by atoms with Gasteiger partial charge in [-0.25, -0.2) is 4.39 Å². The van der Waals surface area contributed by atoms with Crippen molar-refractivity contribution < 1.29 is 18.7 Å². The van der Waals surface area contributed by atoms with Crippen molar-refractivity contribution in [1.82, 2.24) is 0 Å². The predicted molar refractivity (Wildman–Crippen MR) is 108 cm³/mol. The zero-order valence-electron chi connectivity index (χ0n) is 15.0. The summed E-state index contributed by atoms with van der Waals surface area (Å²) in [7, 11) is 0. The second-order valence-electron chi connectivity index (χ2n) is 5.97.